The summed E-state index contributed by atoms with van der Waals surface area (Å²) in [4.78, 5) is 22.2. The van der Waals surface area contributed by atoms with E-state index in [0.29, 0.717) is 11.3 Å². The van der Waals surface area contributed by atoms with Crippen molar-refractivity contribution in [1.82, 2.24) is 5.32 Å². The lowest BCUT2D eigenvalue weighted by Crippen LogP contribution is -2.40. The fourth-order valence-corrected chi connectivity index (χ4v) is 1.34. The maximum Gasteiger partial charge on any atom is 0.260 e. The van der Waals surface area contributed by atoms with Gasteiger partial charge in [0.1, 0.15) is 12.0 Å². The van der Waals surface area contributed by atoms with Crippen LogP contribution >= 0.6 is 0 Å². The van der Waals surface area contributed by atoms with Crippen LogP contribution in [0.5, 0.6) is 5.75 Å². The van der Waals surface area contributed by atoms with Gasteiger partial charge in [0, 0.05) is 11.6 Å². The summed E-state index contributed by atoms with van der Waals surface area (Å²) < 4.78 is 5.49. The molecule has 0 heterocycles. The van der Waals surface area contributed by atoms with Gasteiger partial charge in [0.05, 0.1) is 0 Å². The second-order valence-corrected chi connectivity index (χ2v) is 4.26. The van der Waals surface area contributed by atoms with Gasteiger partial charge in [-0.25, -0.2) is 0 Å². The highest BCUT2D eigenvalue weighted by Gasteiger charge is 2.15. The number of rotatable bonds is 6. The number of carbonyl (C=O) groups excluding carboxylic acids is 2. The van der Waals surface area contributed by atoms with Crippen LogP contribution in [0.4, 0.5) is 0 Å². The first-order valence-corrected chi connectivity index (χ1v) is 6.09. The zero-order valence-corrected chi connectivity index (χ0v) is 11.0. The Balaban J connectivity index is 2.54. The average molecular weight is 249 g/mol. The Kier molecular flexibility index (Phi) is 5.36. The van der Waals surface area contributed by atoms with Crippen molar-refractivity contribution in [2.24, 2.45) is 0 Å². The Morgan fingerprint density at radius 3 is 2.44 bits per heavy atom. The molecule has 0 fully saturated rings. The van der Waals surface area contributed by atoms with Crippen molar-refractivity contribution < 1.29 is 14.3 Å². The molecule has 2 unspecified atom stereocenters. The molecule has 0 saturated carbocycles. The van der Waals surface area contributed by atoms with Crippen LogP contribution in [0.3, 0.4) is 0 Å². The quantitative estimate of drug-likeness (QED) is 0.786. The van der Waals surface area contributed by atoms with Crippen LogP contribution < -0.4 is 10.1 Å². The van der Waals surface area contributed by atoms with Gasteiger partial charge in [0.2, 0.25) is 0 Å². The van der Waals surface area contributed by atoms with Gasteiger partial charge in [-0.05, 0) is 44.5 Å². The molecule has 4 heteroatoms. The number of nitrogens with one attached hydrogen (secondary N) is 1. The lowest BCUT2D eigenvalue weighted by molar-refractivity contribution is -0.127. The van der Waals surface area contributed by atoms with Crippen molar-refractivity contribution in [1.29, 1.82) is 0 Å². The van der Waals surface area contributed by atoms with Crippen molar-refractivity contribution in [3.63, 3.8) is 0 Å². The van der Waals surface area contributed by atoms with E-state index in [1.165, 1.54) is 0 Å². The monoisotopic (exact) mass is 249 g/mol. The Hall–Kier alpha value is -1.84. The number of amides is 1. The van der Waals surface area contributed by atoms with Gasteiger partial charge in [-0.3, -0.25) is 9.59 Å². The summed E-state index contributed by atoms with van der Waals surface area (Å²) >= 11 is 0. The van der Waals surface area contributed by atoms with Gasteiger partial charge in [0.15, 0.2) is 6.10 Å². The first-order valence-electron chi connectivity index (χ1n) is 6.09. The van der Waals surface area contributed by atoms with E-state index >= 15 is 0 Å². The third-order valence-corrected chi connectivity index (χ3v) is 2.70. The van der Waals surface area contributed by atoms with Gasteiger partial charge in [-0.15, -0.1) is 0 Å². The molecule has 18 heavy (non-hydrogen) atoms. The van der Waals surface area contributed by atoms with Crippen LogP contribution in [-0.4, -0.2) is 24.3 Å². The second kappa shape index (κ2) is 6.79. The highest BCUT2D eigenvalue weighted by Crippen LogP contribution is 2.13. The molecule has 0 saturated heterocycles. The van der Waals surface area contributed by atoms with Gasteiger partial charge in [0.25, 0.3) is 5.91 Å². The van der Waals surface area contributed by atoms with E-state index in [1.807, 2.05) is 13.8 Å². The molecule has 0 aromatic heterocycles. The SMILES string of the molecule is CCC(C)NC(=O)C(C)Oc1ccc(C=O)cc1. The minimum atomic E-state index is -0.555. The zero-order valence-electron chi connectivity index (χ0n) is 11.0. The Bertz CT molecular complexity index is 400. The molecule has 0 bridgehead atoms. The minimum Gasteiger partial charge on any atom is -0.481 e. The van der Waals surface area contributed by atoms with E-state index in [1.54, 1.807) is 31.2 Å². The van der Waals surface area contributed by atoms with Crippen LogP contribution in [0.15, 0.2) is 24.3 Å². The number of ether oxygens (including phenoxy) is 1. The molecule has 0 radical (unpaired) electrons. The first-order chi connectivity index (χ1) is 8.56. The number of hydrogen-bond donors (Lipinski definition) is 1. The van der Waals surface area contributed by atoms with Crippen molar-refractivity contribution in [3.8, 4) is 5.75 Å². The minimum absolute atomic E-state index is 0.135. The molecule has 98 valence electrons. The standard InChI is InChI=1S/C14H19NO3/c1-4-10(2)15-14(17)11(3)18-13-7-5-12(9-16)6-8-13/h5-11H,4H2,1-3H3,(H,15,17). The van der Waals surface area contributed by atoms with Crippen molar-refractivity contribution in [3.05, 3.63) is 29.8 Å². The highest BCUT2D eigenvalue weighted by molar-refractivity contribution is 5.81. The molecule has 1 aromatic rings. The van der Waals surface area contributed by atoms with E-state index < -0.39 is 6.10 Å². The topological polar surface area (TPSA) is 55.4 Å². The maximum absolute atomic E-state index is 11.7. The summed E-state index contributed by atoms with van der Waals surface area (Å²) in [6, 6.07) is 6.80. The van der Waals surface area contributed by atoms with E-state index in [-0.39, 0.29) is 11.9 Å². The van der Waals surface area contributed by atoms with E-state index in [4.69, 9.17) is 4.74 Å². The van der Waals surface area contributed by atoms with Crippen molar-refractivity contribution >= 4 is 12.2 Å². The normalized spacial score (nSPS) is 13.5. The number of aldehydes is 1. The number of hydrogen-bond acceptors (Lipinski definition) is 3. The fraction of sp³-hybridized carbons (Fsp3) is 0.429. The Labute approximate surface area is 107 Å². The van der Waals surface area contributed by atoms with Crippen LogP contribution in [0, 0.1) is 0 Å². The molecule has 4 nitrogen and oxygen atoms in total. The van der Waals surface area contributed by atoms with Crippen LogP contribution in [0.1, 0.15) is 37.6 Å². The van der Waals surface area contributed by atoms with Gasteiger partial charge < -0.3 is 10.1 Å². The average Bonchev–Trinajstić information content (AvgIpc) is 2.39. The molecule has 2 atom stereocenters. The van der Waals surface area contributed by atoms with Crippen molar-refractivity contribution in [2.75, 3.05) is 0 Å². The van der Waals surface area contributed by atoms with E-state index in [0.717, 1.165) is 12.7 Å². The Morgan fingerprint density at radius 1 is 1.33 bits per heavy atom. The first kappa shape index (κ1) is 14.2. The van der Waals surface area contributed by atoms with Gasteiger partial charge >= 0.3 is 0 Å². The molecule has 1 aromatic carbocycles. The number of benzene rings is 1. The van der Waals surface area contributed by atoms with Crippen LogP contribution in [0.25, 0.3) is 0 Å². The molecular weight excluding hydrogens is 230 g/mol. The maximum atomic E-state index is 11.7. The van der Waals surface area contributed by atoms with E-state index in [2.05, 4.69) is 5.32 Å². The zero-order chi connectivity index (χ0) is 13.5. The molecule has 1 N–H and O–H groups in total. The predicted octanol–water partition coefficient (Wildman–Crippen LogP) is 2.18. The summed E-state index contributed by atoms with van der Waals surface area (Å²) in [5.41, 5.74) is 0.582. The smallest absolute Gasteiger partial charge is 0.260 e. The second-order valence-electron chi connectivity index (χ2n) is 4.26. The molecule has 0 spiro atoms. The Morgan fingerprint density at radius 2 is 1.94 bits per heavy atom. The summed E-state index contributed by atoms with van der Waals surface area (Å²) in [6.45, 7) is 5.66. The van der Waals surface area contributed by atoms with Gasteiger partial charge in [-0.2, -0.15) is 0 Å². The molecule has 1 amide bonds. The lowest BCUT2D eigenvalue weighted by atomic mass is 10.2. The third kappa shape index (κ3) is 4.20. The summed E-state index contributed by atoms with van der Waals surface area (Å²) in [5.74, 6) is 0.441. The summed E-state index contributed by atoms with van der Waals surface area (Å²) in [7, 11) is 0. The third-order valence-electron chi connectivity index (χ3n) is 2.70. The molecule has 0 aliphatic rings. The van der Waals surface area contributed by atoms with Gasteiger partial charge in [-0.1, -0.05) is 6.92 Å². The van der Waals surface area contributed by atoms with Crippen LogP contribution in [0.2, 0.25) is 0 Å². The lowest BCUT2D eigenvalue weighted by Gasteiger charge is -2.17. The highest BCUT2D eigenvalue weighted by atomic mass is 16.5. The van der Waals surface area contributed by atoms with Crippen LogP contribution in [-0.2, 0) is 4.79 Å². The largest absolute Gasteiger partial charge is 0.481 e. The van der Waals surface area contributed by atoms with E-state index in [9.17, 15) is 9.59 Å². The number of carbonyl (C=O) groups is 2. The van der Waals surface area contributed by atoms with Crippen molar-refractivity contribution in [2.45, 2.75) is 39.3 Å². The molecule has 0 aliphatic carbocycles. The molecule has 1 rings (SSSR count). The summed E-state index contributed by atoms with van der Waals surface area (Å²) in [5, 5.41) is 2.85. The predicted molar refractivity (Wildman–Crippen MR) is 69.8 cm³/mol. The molecular formula is C14H19NO3. The fourth-order valence-electron chi connectivity index (χ4n) is 1.34. The molecule has 0 aliphatic heterocycles. The summed E-state index contributed by atoms with van der Waals surface area (Å²) in [6.07, 6.45) is 1.09.